The van der Waals surface area contributed by atoms with E-state index in [0.717, 1.165) is 4.68 Å². The SMILES string of the molecule is COc1ccc(/C=C/C(=O)c2cccnc2)cc1Cn1nc(C(F)F)c(Cl)c1C(F)F. The molecule has 31 heavy (non-hydrogen) atoms. The molecule has 1 aromatic carbocycles. The van der Waals surface area contributed by atoms with Crippen molar-refractivity contribution in [3.05, 3.63) is 81.9 Å². The first-order chi connectivity index (χ1) is 14.8. The molecule has 0 unspecified atom stereocenters. The van der Waals surface area contributed by atoms with Crippen LogP contribution in [0.4, 0.5) is 17.6 Å². The molecule has 0 N–H and O–H groups in total. The number of aromatic nitrogens is 3. The number of rotatable bonds is 8. The Morgan fingerprint density at radius 2 is 2.00 bits per heavy atom. The summed E-state index contributed by atoms with van der Waals surface area (Å²) in [5, 5.41) is 2.80. The van der Waals surface area contributed by atoms with Crippen LogP contribution >= 0.6 is 11.6 Å². The van der Waals surface area contributed by atoms with Gasteiger partial charge in [-0.3, -0.25) is 14.5 Å². The molecular weight excluding hydrogens is 438 g/mol. The maximum absolute atomic E-state index is 13.4. The lowest BCUT2D eigenvalue weighted by atomic mass is 10.1. The van der Waals surface area contributed by atoms with Gasteiger partial charge >= 0.3 is 0 Å². The van der Waals surface area contributed by atoms with Gasteiger partial charge in [-0.15, -0.1) is 0 Å². The third-order valence-electron chi connectivity index (χ3n) is 4.37. The van der Waals surface area contributed by atoms with Crippen molar-refractivity contribution in [3.63, 3.8) is 0 Å². The fraction of sp³-hybridized carbons (Fsp3) is 0.190. The molecule has 3 rings (SSSR count). The molecule has 0 radical (unpaired) electrons. The predicted octanol–water partition coefficient (Wildman–Crippen LogP) is 5.76. The summed E-state index contributed by atoms with van der Waals surface area (Å²) in [7, 11) is 1.38. The second kappa shape index (κ2) is 9.74. The van der Waals surface area contributed by atoms with Crippen LogP contribution in [-0.2, 0) is 6.54 Å². The topological polar surface area (TPSA) is 57.0 Å². The van der Waals surface area contributed by atoms with Gasteiger partial charge in [-0.1, -0.05) is 23.7 Å². The molecule has 3 aromatic rings. The Balaban J connectivity index is 1.93. The Labute approximate surface area is 179 Å². The number of alkyl halides is 4. The highest BCUT2D eigenvalue weighted by atomic mass is 35.5. The number of allylic oxidation sites excluding steroid dienone is 1. The fourth-order valence-electron chi connectivity index (χ4n) is 2.90. The highest BCUT2D eigenvalue weighted by molar-refractivity contribution is 6.32. The molecule has 162 valence electrons. The monoisotopic (exact) mass is 453 g/mol. The molecule has 2 aromatic heterocycles. The van der Waals surface area contributed by atoms with E-state index in [1.165, 1.54) is 25.5 Å². The lowest BCUT2D eigenvalue weighted by Crippen LogP contribution is -2.08. The van der Waals surface area contributed by atoms with Crippen LogP contribution in [0.5, 0.6) is 5.75 Å². The second-order valence-electron chi connectivity index (χ2n) is 6.35. The summed E-state index contributed by atoms with van der Waals surface area (Å²) < 4.78 is 59.0. The van der Waals surface area contributed by atoms with E-state index in [0.29, 0.717) is 22.4 Å². The number of ether oxygens (including phenoxy) is 1. The summed E-state index contributed by atoms with van der Waals surface area (Å²) in [5.74, 6) is 0.0621. The molecule has 10 heteroatoms. The average Bonchev–Trinajstić information content (AvgIpc) is 3.09. The summed E-state index contributed by atoms with van der Waals surface area (Å²) in [6.45, 7) is -0.284. The fourth-order valence-corrected chi connectivity index (χ4v) is 3.20. The minimum absolute atomic E-state index is 0.272. The van der Waals surface area contributed by atoms with Gasteiger partial charge in [0, 0.05) is 23.5 Å². The molecule has 0 atom stereocenters. The Morgan fingerprint density at radius 3 is 2.61 bits per heavy atom. The third kappa shape index (κ3) is 5.11. The standard InChI is InChI=1S/C21H16ClF4N3O2/c1-31-16-7-5-12(4-6-15(30)13-3-2-8-27-10-13)9-14(16)11-29-19(21(25)26)17(22)18(28-29)20(23)24/h2-10,20-21H,11H2,1H3/b6-4+. The van der Waals surface area contributed by atoms with Crippen LogP contribution in [0.2, 0.25) is 5.02 Å². The van der Waals surface area contributed by atoms with Crippen molar-refractivity contribution in [2.24, 2.45) is 0 Å². The minimum atomic E-state index is -3.10. The van der Waals surface area contributed by atoms with Crippen LogP contribution in [0.25, 0.3) is 6.08 Å². The van der Waals surface area contributed by atoms with Gasteiger partial charge in [0.1, 0.15) is 17.1 Å². The van der Waals surface area contributed by atoms with Crippen molar-refractivity contribution in [2.75, 3.05) is 7.11 Å². The van der Waals surface area contributed by atoms with Crippen LogP contribution in [0.1, 0.15) is 45.7 Å². The van der Waals surface area contributed by atoms with E-state index in [9.17, 15) is 22.4 Å². The number of pyridine rings is 1. The number of hydrogen-bond donors (Lipinski definition) is 0. The normalized spacial score (nSPS) is 11.6. The van der Waals surface area contributed by atoms with Gasteiger partial charge in [0.2, 0.25) is 0 Å². The van der Waals surface area contributed by atoms with Crippen LogP contribution in [0, 0.1) is 0 Å². The van der Waals surface area contributed by atoms with Crippen LogP contribution in [0.15, 0.2) is 48.8 Å². The number of nitrogens with zero attached hydrogens (tertiary/aromatic N) is 3. The number of benzene rings is 1. The molecule has 0 spiro atoms. The van der Waals surface area contributed by atoms with Gasteiger partial charge in [-0.05, 0) is 35.9 Å². The van der Waals surface area contributed by atoms with Crippen molar-refractivity contribution in [2.45, 2.75) is 19.4 Å². The van der Waals surface area contributed by atoms with Gasteiger partial charge in [-0.2, -0.15) is 5.10 Å². The van der Waals surface area contributed by atoms with E-state index in [-0.39, 0.29) is 12.3 Å². The first kappa shape index (κ1) is 22.5. The first-order valence-corrected chi connectivity index (χ1v) is 9.31. The van der Waals surface area contributed by atoms with Crippen LogP contribution in [-0.4, -0.2) is 27.7 Å². The molecule has 0 bridgehead atoms. The van der Waals surface area contributed by atoms with Crippen molar-refractivity contribution >= 4 is 23.5 Å². The highest BCUT2D eigenvalue weighted by Gasteiger charge is 2.28. The van der Waals surface area contributed by atoms with Crippen LogP contribution < -0.4 is 4.74 Å². The molecule has 0 aliphatic carbocycles. The molecule has 0 saturated heterocycles. The van der Waals surface area contributed by atoms with Gasteiger partial charge in [0.05, 0.1) is 18.7 Å². The lowest BCUT2D eigenvalue weighted by molar-refractivity contribution is 0.104. The summed E-state index contributed by atoms with van der Waals surface area (Å²) in [5.41, 5.74) is -0.347. The maximum atomic E-state index is 13.4. The molecular formula is C21H16ClF4N3O2. The number of methoxy groups -OCH3 is 1. The summed E-state index contributed by atoms with van der Waals surface area (Å²) >= 11 is 5.71. The lowest BCUT2D eigenvalue weighted by Gasteiger charge is -2.12. The van der Waals surface area contributed by atoms with Gasteiger partial charge < -0.3 is 4.74 Å². The first-order valence-electron chi connectivity index (χ1n) is 8.93. The summed E-state index contributed by atoms with van der Waals surface area (Å²) in [4.78, 5) is 16.1. The Morgan fingerprint density at radius 1 is 1.23 bits per heavy atom. The summed E-state index contributed by atoms with van der Waals surface area (Å²) in [6.07, 6.45) is -0.343. The minimum Gasteiger partial charge on any atom is -0.496 e. The van der Waals surface area contributed by atoms with Crippen molar-refractivity contribution in [1.29, 1.82) is 0 Å². The highest BCUT2D eigenvalue weighted by Crippen LogP contribution is 2.35. The Bertz CT molecular complexity index is 1100. The van der Waals surface area contributed by atoms with E-state index in [1.807, 2.05) is 0 Å². The average molecular weight is 454 g/mol. The van der Waals surface area contributed by atoms with Crippen molar-refractivity contribution < 1.29 is 27.1 Å². The van der Waals surface area contributed by atoms with E-state index in [2.05, 4.69) is 10.1 Å². The van der Waals surface area contributed by atoms with Gasteiger partial charge in [0.25, 0.3) is 12.9 Å². The zero-order chi connectivity index (χ0) is 22.5. The van der Waals surface area contributed by atoms with Crippen molar-refractivity contribution in [3.8, 4) is 5.75 Å². The zero-order valence-electron chi connectivity index (χ0n) is 16.1. The van der Waals surface area contributed by atoms with Gasteiger partial charge in [-0.25, -0.2) is 17.6 Å². The number of ketones is 1. The molecule has 0 aliphatic heterocycles. The number of carbonyl (C=O) groups excluding carboxylic acids is 1. The van der Waals surface area contributed by atoms with E-state index in [1.54, 1.807) is 36.5 Å². The smallest absolute Gasteiger partial charge is 0.283 e. The Hall–Kier alpha value is -3.20. The van der Waals surface area contributed by atoms with E-state index >= 15 is 0 Å². The quantitative estimate of drug-likeness (QED) is 0.247. The number of carbonyl (C=O) groups is 1. The van der Waals surface area contributed by atoms with E-state index < -0.39 is 29.3 Å². The number of halogens is 5. The summed E-state index contributed by atoms with van der Waals surface area (Å²) in [6, 6.07) is 8.07. The van der Waals surface area contributed by atoms with Gasteiger partial charge in [0.15, 0.2) is 5.78 Å². The molecule has 0 aliphatic rings. The molecule has 0 saturated carbocycles. The van der Waals surface area contributed by atoms with Crippen LogP contribution in [0.3, 0.4) is 0 Å². The van der Waals surface area contributed by atoms with E-state index in [4.69, 9.17) is 16.3 Å². The molecule has 0 amide bonds. The zero-order valence-corrected chi connectivity index (χ0v) is 16.9. The van der Waals surface area contributed by atoms with Crippen molar-refractivity contribution in [1.82, 2.24) is 14.8 Å². The largest absolute Gasteiger partial charge is 0.496 e. The maximum Gasteiger partial charge on any atom is 0.283 e. The molecule has 0 fully saturated rings. The second-order valence-corrected chi connectivity index (χ2v) is 6.73. The number of hydrogen-bond acceptors (Lipinski definition) is 4. The molecule has 2 heterocycles. The predicted molar refractivity (Wildman–Crippen MR) is 107 cm³/mol. The molecule has 5 nitrogen and oxygen atoms in total. The Kier molecular flexibility index (Phi) is 7.06. The third-order valence-corrected chi connectivity index (χ3v) is 4.75.